The predicted molar refractivity (Wildman–Crippen MR) is 131 cm³/mol. The first kappa shape index (κ1) is 23.8. The first-order valence-corrected chi connectivity index (χ1v) is 12.3. The Labute approximate surface area is 201 Å². The molecule has 4 rings (SSSR count). The van der Waals surface area contributed by atoms with Crippen LogP contribution in [0.2, 0.25) is 0 Å². The van der Waals surface area contributed by atoms with Crippen LogP contribution in [0.4, 0.5) is 10.1 Å². The van der Waals surface area contributed by atoms with Crippen LogP contribution >= 0.6 is 0 Å². The Bertz CT molecular complexity index is 1550. The second-order valence-corrected chi connectivity index (χ2v) is 9.80. The van der Waals surface area contributed by atoms with Gasteiger partial charge in [-0.1, -0.05) is 24.3 Å². The minimum Gasteiger partial charge on any atom is -0.366 e. The molecule has 0 radical (unpaired) electrons. The molecular weight excluding hydrogens is 469 g/mol. The molecular formula is C26H20FN3O4S. The number of carbonyl (C=O) groups excluding carboxylic acids is 2. The van der Waals surface area contributed by atoms with Crippen molar-refractivity contribution in [1.29, 1.82) is 0 Å². The molecule has 9 heteroatoms. The number of nitrogens with one attached hydrogen (secondary N) is 1. The molecule has 0 unspecified atom stereocenters. The third kappa shape index (κ3) is 5.25. The van der Waals surface area contributed by atoms with Gasteiger partial charge in [0.15, 0.2) is 9.84 Å². The van der Waals surface area contributed by atoms with Gasteiger partial charge in [0.25, 0.3) is 11.8 Å². The third-order valence-corrected chi connectivity index (χ3v) is 6.40. The number of hydrogen-bond donors (Lipinski definition) is 2. The van der Waals surface area contributed by atoms with E-state index in [0.29, 0.717) is 5.69 Å². The highest BCUT2D eigenvalue weighted by Gasteiger charge is 2.19. The summed E-state index contributed by atoms with van der Waals surface area (Å²) in [5.74, 6) is -2.35. The van der Waals surface area contributed by atoms with E-state index in [1.807, 2.05) is 18.2 Å². The summed E-state index contributed by atoms with van der Waals surface area (Å²) in [6, 6.07) is 20.2. The SMILES string of the molecule is CS(=O)(=O)c1ccc(C(=O)Nc2cccc(-c3ccccn3)c2)c(-c2ccc(C(N)=O)c(F)c2)c1. The van der Waals surface area contributed by atoms with E-state index in [9.17, 15) is 22.4 Å². The fraction of sp³-hybridized carbons (Fsp3) is 0.0385. The second kappa shape index (κ2) is 9.47. The molecule has 7 nitrogen and oxygen atoms in total. The van der Waals surface area contributed by atoms with Gasteiger partial charge in [-0.15, -0.1) is 0 Å². The van der Waals surface area contributed by atoms with Crippen LogP contribution in [0, 0.1) is 5.82 Å². The number of rotatable bonds is 6. The van der Waals surface area contributed by atoms with Gasteiger partial charge in [-0.05, 0) is 65.7 Å². The maximum Gasteiger partial charge on any atom is 0.256 e. The first-order valence-electron chi connectivity index (χ1n) is 10.4. The average molecular weight is 490 g/mol. The number of anilines is 1. The molecule has 1 aromatic heterocycles. The summed E-state index contributed by atoms with van der Waals surface area (Å²) in [6.45, 7) is 0. The zero-order chi connectivity index (χ0) is 25.2. The van der Waals surface area contributed by atoms with Crippen LogP contribution in [0.15, 0.2) is 90.0 Å². The maximum atomic E-state index is 14.5. The Balaban J connectivity index is 1.75. The Kier molecular flexibility index (Phi) is 6.44. The van der Waals surface area contributed by atoms with Crippen molar-refractivity contribution in [3.63, 3.8) is 0 Å². The van der Waals surface area contributed by atoms with E-state index >= 15 is 0 Å². The summed E-state index contributed by atoms with van der Waals surface area (Å²) in [6.07, 6.45) is 2.70. The van der Waals surface area contributed by atoms with Crippen molar-refractivity contribution in [3.8, 4) is 22.4 Å². The molecule has 0 bridgehead atoms. The third-order valence-electron chi connectivity index (χ3n) is 5.29. The highest BCUT2D eigenvalue weighted by Crippen LogP contribution is 2.30. The molecule has 4 aromatic rings. The molecule has 35 heavy (non-hydrogen) atoms. The van der Waals surface area contributed by atoms with Gasteiger partial charge < -0.3 is 11.1 Å². The molecule has 0 saturated carbocycles. The summed E-state index contributed by atoms with van der Waals surface area (Å²) >= 11 is 0. The van der Waals surface area contributed by atoms with Crippen LogP contribution in [0.25, 0.3) is 22.4 Å². The van der Waals surface area contributed by atoms with Crippen molar-refractivity contribution in [3.05, 3.63) is 102 Å². The molecule has 3 N–H and O–H groups in total. The molecule has 2 amide bonds. The topological polar surface area (TPSA) is 119 Å². The van der Waals surface area contributed by atoms with Crippen molar-refractivity contribution in [2.45, 2.75) is 4.90 Å². The normalized spacial score (nSPS) is 11.1. The van der Waals surface area contributed by atoms with Crippen molar-refractivity contribution in [2.24, 2.45) is 5.73 Å². The number of carbonyl (C=O) groups is 2. The average Bonchev–Trinajstić information content (AvgIpc) is 2.83. The quantitative estimate of drug-likeness (QED) is 0.418. The number of primary amides is 1. The van der Waals surface area contributed by atoms with E-state index in [2.05, 4.69) is 10.3 Å². The van der Waals surface area contributed by atoms with Crippen molar-refractivity contribution < 1.29 is 22.4 Å². The number of amides is 2. The lowest BCUT2D eigenvalue weighted by Gasteiger charge is -2.13. The summed E-state index contributed by atoms with van der Waals surface area (Å²) in [4.78, 5) is 28.9. The van der Waals surface area contributed by atoms with Crippen molar-refractivity contribution in [2.75, 3.05) is 11.6 Å². The van der Waals surface area contributed by atoms with Crippen LogP contribution in [-0.4, -0.2) is 31.5 Å². The number of benzene rings is 3. The van der Waals surface area contributed by atoms with Crippen molar-refractivity contribution >= 4 is 27.3 Å². The molecule has 176 valence electrons. The number of pyridine rings is 1. The number of nitrogens with two attached hydrogens (primary N) is 1. The number of nitrogens with zero attached hydrogens (tertiary/aromatic N) is 1. The summed E-state index contributed by atoms with van der Waals surface area (Å²) < 4.78 is 38.7. The fourth-order valence-electron chi connectivity index (χ4n) is 3.56. The Morgan fingerprint density at radius 1 is 0.886 bits per heavy atom. The van der Waals surface area contributed by atoms with E-state index in [-0.39, 0.29) is 27.1 Å². The van der Waals surface area contributed by atoms with Gasteiger partial charge in [0.2, 0.25) is 0 Å². The van der Waals surface area contributed by atoms with Gasteiger partial charge in [-0.3, -0.25) is 14.6 Å². The van der Waals surface area contributed by atoms with Crippen LogP contribution in [0.1, 0.15) is 20.7 Å². The standard InChI is InChI=1S/C26H20FN3O4S/c1-35(33,34)19-9-11-20(22(15-19)16-8-10-21(25(28)31)23(27)14-16)26(32)30-18-6-4-5-17(13-18)24-7-2-3-12-29-24/h2-15H,1H3,(H2,28,31)(H,30,32). The maximum absolute atomic E-state index is 14.5. The smallest absolute Gasteiger partial charge is 0.256 e. The minimum atomic E-state index is -3.61. The van der Waals surface area contributed by atoms with E-state index < -0.39 is 27.5 Å². The van der Waals surface area contributed by atoms with Crippen LogP contribution in [0.3, 0.4) is 0 Å². The molecule has 1 heterocycles. The summed E-state index contributed by atoms with van der Waals surface area (Å²) in [7, 11) is -3.61. The highest BCUT2D eigenvalue weighted by atomic mass is 32.2. The molecule has 0 aliphatic heterocycles. The molecule has 0 atom stereocenters. The number of aromatic nitrogens is 1. The van der Waals surface area contributed by atoms with Crippen LogP contribution < -0.4 is 11.1 Å². The number of hydrogen-bond acceptors (Lipinski definition) is 5. The van der Waals surface area contributed by atoms with Gasteiger partial charge in [-0.2, -0.15) is 0 Å². The Morgan fingerprint density at radius 3 is 2.31 bits per heavy atom. The monoisotopic (exact) mass is 489 g/mol. The van der Waals surface area contributed by atoms with Gasteiger partial charge in [-0.25, -0.2) is 12.8 Å². The second-order valence-electron chi connectivity index (χ2n) is 7.79. The fourth-order valence-corrected chi connectivity index (χ4v) is 4.21. The largest absolute Gasteiger partial charge is 0.366 e. The summed E-state index contributed by atoms with van der Waals surface area (Å²) in [5.41, 5.74) is 7.39. The molecule has 0 fully saturated rings. The Morgan fingerprint density at radius 2 is 1.66 bits per heavy atom. The molecule has 3 aromatic carbocycles. The minimum absolute atomic E-state index is 0.0411. The Hall–Kier alpha value is -4.37. The lowest BCUT2D eigenvalue weighted by atomic mass is 9.97. The number of halogens is 1. The lowest BCUT2D eigenvalue weighted by Crippen LogP contribution is -2.15. The molecule has 0 aliphatic carbocycles. The van der Waals surface area contributed by atoms with E-state index in [4.69, 9.17) is 5.73 Å². The van der Waals surface area contributed by atoms with Gasteiger partial charge >= 0.3 is 0 Å². The van der Waals surface area contributed by atoms with Gasteiger partial charge in [0, 0.05) is 29.3 Å². The van der Waals surface area contributed by atoms with Gasteiger partial charge in [0.1, 0.15) is 5.82 Å². The predicted octanol–water partition coefficient (Wildman–Crippen LogP) is 4.31. The molecule has 0 aliphatic rings. The molecule has 0 spiro atoms. The lowest BCUT2D eigenvalue weighted by molar-refractivity contribution is 0.0994. The summed E-state index contributed by atoms with van der Waals surface area (Å²) in [5, 5.41) is 2.80. The van der Waals surface area contributed by atoms with Crippen LogP contribution in [0.5, 0.6) is 0 Å². The highest BCUT2D eigenvalue weighted by molar-refractivity contribution is 7.90. The van der Waals surface area contributed by atoms with Gasteiger partial charge in [0.05, 0.1) is 16.2 Å². The zero-order valence-corrected chi connectivity index (χ0v) is 19.3. The molecule has 0 saturated heterocycles. The zero-order valence-electron chi connectivity index (χ0n) is 18.5. The van der Waals surface area contributed by atoms with Crippen LogP contribution in [-0.2, 0) is 9.84 Å². The van der Waals surface area contributed by atoms with E-state index in [1.54, 1.807) is 30.5 Å². The van der Waals surface area contributed by atoms with E-state index in [1.165, 1.54) is 30.3 Å². The first-order chi connectivity index (χ1) is 16.6. The van der Waals surface area contributed by atoms with Crippen molar-refractivity contribution in [1.82, 2.24) is 4.98 Å². The number of sulfone groups is 1. The van der Waals surface area contributed by atoms with E-state index in [0.717, 1.165) is 23.6 Å².